The first kappa shape index (κ1) is 14.3. The third kappa shape index (κ3) is 3.37. The molecule has 100 valence electrons. The summed E-state index contributed by atoms with van der Waals surface area (Å²) in [5, 5.41) is 18.1. The van der Waals surface area contributed by atoms with Crippen molar-refractivity contribution >= 4 is 17.3 Å². The number of nitrogens with zero attached hydrogens (tertiary/aromatic N) is 1. The molecule has 5 heteroatoms. The molecule has 0 saturated heterocycles. The minimum absolute atomic E-state index is 0.0143. The molecule has 0 aliphatic heterocycles. The molecule has 0 unspecified atom stereocenters. The topological polar surface area (TPSA) is 86.8 Å². The minimum Gasteiger partial charge on any atom is -0.478 e. The number of unbranched alkanes of at least 4 members (excludes halogenated alkanes) is 1. The molecule has 0 radical (unpaired) electrons. The summed E-state index contributed by atoms with van der Waals surface area (Å²) in [6.07, 6.45) is 2.00. The Morgan fingerprint density at radius 1 is 1.39 bits per heavy atom. The van der Waals surface area contributed by atoms with Crippen LogP contribution in [0.25, 0.3) is 0 Å². The maximum atomic E-state index is 11.0. The largest absolute Gasteiger partial charge is 0.478 e. The molecule has 0 spiro atoms. The number of para-hydroxylation sites is 1. The second kappa shape index (κ2) is 6.86. The van der Waals surface area contributed by atoms with Gasteiger partial charge in [-0.2, -0.15) is 0 Å². The van der Waals surface area contributed by atoms with E-state index in [9.17, 15) is 4.79 Å². The molecule has 4 N–H and O–H groups in total. The first-order valence-corrected chi connectivity index (χ1v) is 6.09. The SMILES string of the molecule is CCCCN(CCO)c1cccc(C(=O)O)c1N. The number of aromatic carboxylic acids is 1. The van der Waals surface area contributed by atoms with Crippen molar-refractivity contribution in [3.63, 3.8) is 0 Å². The average Bonchev–Trinajstić information content (AvgIpc) is 2.34. The first-order valence-electron chi connectivity index (χ1n) is 6.09. The van der Waals surface area contributed by atoms with Gasteiger partial charge in [0.1, 0.15) is 0 Å². The van der Waals surface area contributed by atoms with Gasteiger partial charge in [-0.15, -0.1) is 0 Å². The van der Waals surface area contributed by atoms with E-state index in [1.54, 1.807) is 12.1 Å². The van der Waals surface area contributed by atoms with Gasteiger partial charge in [0.25, 0.3) is 0 Å². The molecule has 0 atom stereocenters. The minimum atomic E-state index is -1.03. The van der Waals surface area contributed by atoms with Crippen molar-refractivity contribution in [2.45, 2.75) is 19.8 Å². The summed E-state index contributed by atoms with van der Waals surface area (Å²) in [6, 6.07) is 4.94. The van der Waals surface area contributed by atoms with Gasteiger partial charge >= 0.3 is 5.97 Å². The second-order valence-corrected chi connectivity index (χ2v) is 4.11. The van der Waals surface area contributed by atoms with Crippen molar-refractivity contribution in [1.29, 1.82) is 0 Å². The van der Waals surface area contributed by atoms with Gasteiger partial charge in [-0.1, -0.05) is 19.4 Å². The summed E-state index contributed by atoms with van der Waals surface area (Å²) in [6.45, 7) is 3.30. The molecule has 0 fully saturated rings. The zero-order valence-electron chi connectivity index (χ0n) is 10.6. The lowest BCUT2D eigenvalue weighted by Crippen LogP contribution is -2.29. The van der Waals surface area contributed by atoms with Crippen LogP contribution in [-0.2, 0) is 0 Å². The molecule has 0 amide bonds. The number of nitrogen functional groups attached to an aromatic ring is 1. The Kier molecular flexibility index (Phi) is 5.45. The van der Waals surface area contributed by atoms with Crippen molar-refractivity contribution in [2.24, 2.45) is 0 Å². The van der Waals surface area contributed by atoms with Crippen LogP contribution in [0.2, 0.25) is 0 Å². The molecule has 0 aliphatic rings. The Bertz CT molecular complexity index is 407. The third-order valence-electron chi connectivity index (χ3n) is 2.81. The van der Waals surface area contributed by atoms with Gasteiger partial charge in [0.05, 0.1) is 23.5 Å². The molecule has 5 nitrogen and oxygen atoms in total. The van der Waals surface area contributed by atoms with Gasteiger partial charge in [-0.3, -0.25) is 0 Å². The maximum Gasteiger partial charge on any atom is 0.337 e. The van der Waals surface area contributed by atoms with Crippen molar-refractivity contribution in [3.8, 4) is 0 Å². The molecule has 0 heterocycles. The van der Waals surface area contributed by atoms with Crippen LogP contribution in [0.3, 0.4) is 0 Å². The highest BCUT2D eigenvalue weighted by molar-refractivity contribution is 5.97. The van der Waals surface area contributed by atoms with Gasteiger partial charge in [0.2, 0.25) is 0 Å². The fraction of sp³-hybridized carbons (Fsp3) is 0.462. The predicted octanol–water partition coefficient (Wildman–Crippen LogP) is 1.57. The van der Waals surface area contributed by atoms with Crippen LogP contribution >= 0.6 is 0 Å². The number of benzene rings is 1. The lowest BCUT2D eigenvalue weighted by Gasteiger charge is -2.25. The maximum absolute atomic E-state index is 11.0. The molecule has 18 heavy (non-hydrogen) atoms. The van der Waals surface area contributed by atoms with E-state index in [0.29, 0.717) is 12.2 Å². The molecule has 0 bridgehead atoms. The van der Waals surface area contributed by atoms with E-state index in [1.807, 2.05) is 4.90 Å². The highest BCUT2D eigenvalue weighted by Crippen LogP contribution is 2.26. The lowest BCUT2D eigenvalue weighted by molar-refractivity contribution is 0.0698. The zero-order valence-corrected chi connectivity index (χ0v) is 10.6. The van der Waals surface area contributed by atoms with Crippen LogP contribution in [0.1, 0.15) is 30.1 Å². The van der Waals surface area contributed by atoms with E-state index in [0.717, 1.165) is 19.4 Å². The van der Waals surface area contributed by atoms with Crippen LogP contribution in [-0.4, -0.2) is 35.9 Å². The van der Waals surface area contributed by atoms with Gasteiger partial charge in [0.15, 0.2) is 0 Å². The van der Waals surface area contributed by atoms with E-state index in [4.69, 9.17) is 15.9 Å². The number of carbonyl (C=O) groups is 1. The first-order chi connectivity index (χ1) is 8.61. The van der Waals surface area contributed by atoms with E-state index < -0.39 is 5.97 Å². The number of aliphatic hydroxyl groups excluding tert-OH is 1. The summed E-state index contributed by atoms with van der Waals surface area (Å²) in [7, 11) is 0. The van der Waals surface area contributed by atoms with Crippen molar-refractivity contribution < 1.29 is 15.0 Å². The lowest BCUT2D eigenvalue weighted by atomic mass is 10.1. The number of anilines is 2. The fourth-order valence-corrected chi connectivity index (χ4v) is 1.84. The number of carboxylic acid groups (broad SMARTS) is 1. The van der Waals surface area contributed by atoms with E-state index in [-0.39, 0.29) is 17.9 Å². The summed E-state index contributed by atoms with van der Waals surface area (Å²) in [5.41, 5.74) is 6.92. The predicted molar refractivity (Wildman–Crippen MR) is 72.0 cm³/mol. The van der Waals surface area contributed by atoms with Crippen molar-refractivity contribution in [2.75, 3.05) is 30.3 Å². The van der Waals surface area contributed by atoms with E-state index in [2.05, 4.69) is 6.92 Å². The standard InChI is InChI=1S/C13H20N2O3/c1-2-3-7-15(8-9-16)11-6-4-5-10(12(11)14)13(17)18/h4-6,16H,2-3,7-9,14H2,1H3,(H,17,18). The number of hydrogen-bond donors (Lipinski definition) is 3. The average molecular weight is 252 g/mol. The second-order valence-electron chi connectivity index (χ2n) is 4.11. The van der Waals surface area contributed by atoms with Crippen LogP contribution in [0.15, 0.2) is 18.2 Å². The molecule has 1 aromatic carbocycles. The van der Waals surface area contributed by atoms with Crippen molar-refractivity contribution in [3.05, 3.63) is 23.8 Å². The van der Waals surface area contributed by atoms with Crippen LogP contribution < -0.4 is 10.6 Å². The monoisotopic (exact) mass is 252 g/mol. The normalized spacial score (nSPS) is 10.3. The number of nitrogens with two attached hydrogens (primary N) is 1. The van der Waals surface area contributed by atoms with E-state index in [1.165, 1.54) is 6.07 Å². The zero-order chi connectivity index (χ0) is 13.5. The Morgan fingerprint density at radius 3 is 2.67 bits per heavy atom. The van der Waals surface area contributed by atoms with Crippen LogP contribution in [0.4, 0.5) is 11.4 Å². The van der Waals surface area contributed by atoms with Gasteiger partial charge < -0.3 is 20.8 Å². The smallest absolute Gasteiger partial charge is 0.337 e. The molecule has 0 aromatic heterocycles. The Labute approximate surface area is 107 Å². The molecular formula is C13H20N2O3. The fourth-order valence-electron chi connectivity index (χ4n) is 1.84. The summed E-state index contributed by atoms with van der Waals surface area (Å²) in [4.78, 5) is 12.9. The van der Waals surface area contributed by atoms with Crippen LogP contribution in [0, 0.1) is 0 Å². The number of hydrogen-bond acceptors (Lipinski definition) is 4. The summed E-state index contributed by atoms with van der Waals surface area (Å²) in [5.74, 6) is -1.03. The van der Waals surface area contributed by atoms with E-state index >= 15 is 0 Å². The molecular weight excluding hydrogens is 232 g/mol. The summed E-state index contributed by atoms with van der Waals surface area (Å²) < 4.78 is 0. The summed E-state index contributed by atoms with van der Waals surface area (Å²) >= 11 is 0. The quantitative estimate of drug-likeness (QED) is 0.641. The third-order valence-corrected chi connectivity index (χ3v) is 2.81. The van der Waals surface area contributed by atoms with Gasteiger partial charge in [-0.25, -0.2) is 4.79 Å². The Balaban J connectivity index is 3.03. The molecule has 1 aromatic rings. The molecule has 1 rings (SSSR count). The Hall–Kier alpha value is -1.75. The van der Waals surface area contributed by atoms with Gasteiger partial charge in [-0.05, 0) is 18.6 Å². The number of rotatable bonds is 7. The molecule has 0 aliphatic carbocycles. The van der Waals surface area contributed by atoms with Gasteiger partial charge in [0, 0.05) is 13.1 Å². The number of aliphatic hydroxyl groups is 1. The highest BCUT2D eigenvalue weighted by atomic mass is 16.4. The van der Waals surface area contributed by atoms with Crippen LogP contribution in [0.5, 0.6) is 0 Å². The number of carboxylic acids is 1. The molecule has 0 saturated carbocycles. The van der Waals surface area contributed by atoms with Crippen molar-refractivity contribution in [1.82, 2.24) is 0 Å². The Morgan fingerprint density at radius 2 is 2.11 bits per heavy atom. The highest BCUT2D eigenvalue weighted by Gasteiger charge is 2.15.